The standard InChI is InChI=1S/C23H27NO4/c1-23-12-15(9-17-10-18(26-2)7-8-20(17)23)13-24(22(23)25)14-16-5-6-19(27-3)11-21(16)28-4/h5-8,10-11,15H,9,12-14H2,1-4H3/t15-,23-/m1/s1. The number of methoxy groups -OCH3 is 3. The molecule has 0 N–H and O–H groups in total. The van der Waals surface area contributed by atoms with E-state index in [1.807, 2.05) is 29.2 Å². The third kappa shape index (κ3) is 2.99. The maximum Gasteiger partial charge on any atom is 0.233 e. The van der Waals surface area contributed by atoms with Crippen LogP contribution in [0, 0.1) is 5.92 Å². The summed E-state index contributed by atoms with van der Waals surface area (Å²) in [7, 11) is 4.97. The van der Waals surface area contributed by atoms with Gasteiger partial charge in [0, 0.05) is 24.7 Å². The number of nitrogens with zero attached hydrogens (tertiary/aromatic N) is 1. The number of carbonyl (C=O) groups is 1. The maximum atomic E-state index is 13.5. The van der Waals surface area contributed by atoms with E-state index in [0.717, 1.165) is 47.8 Å². The number of piperidine rings is 1. The molecule has 1 aliphatic heterocycles. The first-order valence-corrected chi connectivity index (χ1v) is 9.66. The molecule has 2 atom stereocenters. The van der Waals surface area contributed by atoms with Gasteiger partial charge in [0.25, 0.3) is 0 Å². The Kier molecular flexibility index (Phi) is 4.69. The number of likely N-dealkylation sites (tertiary alicyclic amines) is 1. The zero-order chi connectivity index (χ0) is 19.9. The van der Waals surface area contributed by atoms with Gasteiger partial charge >= 0.3 is 0 Å². The van der Waals surface area contributed by atoms with E-state index in [2.05, 4.69) is 19.1 Å². The zero-order valence-electron chi connectivity index (χ0n) is 17.0. The number of hydrogen-bond donors (Lipinski definition) is 0. The Morgan fingerprint density at radius 3 is 2.46 bits per heavy atom. The van der Waals surface area contributed by atoms with Gasteiger partial charge in [0.2, 0.25) is 5.91 Å². The lowest BCUT2D eigenvalue weighted by atomic mass is 9.64. The molecule has 4 rings (SSSR count). The Labute approximate surface area is 166 Å². The predicted octanol–water partition coefficient (Wildman–Crippen LogP) is 3.57. The fourth-order valence-electron chi connectivity index (χ4n) is 4.87. The molecule has 0 unspecified atom stereocenters. The van der Waals surface area contributed by atoms with E-state index < -0.39 is 5.41 Å². The van der Waals surface area contributed by atoms with Crippen molar-refractivity contribution in [2.24, 2.45) is 5.92 Å². The minimum absolute atomic E-state index is 0.188. The molecular formula is C23H27NO4. The highest BCUT2D eigenvalue weighted by atomic mass is 16.5. The van der Waals surface area contributed by atoms with Crippen molar-refractivity contribution in [1.82, 2.24) is 4.90 Å². The number of hydrogen-bond acceptors (Lipinski definition) is 4. The van der Waals surface area contributed by atoms with Crippen LogP contribution in [0.3, 0.4) is 0 Å². The Morgan fingerprint density at radius 1 is 1.04 bits per heavy atom. The predicted molar refractivity (Wildman–Crippen MR) is 107 cm³/mol. The van der Waals surface area contributed by atoms with E-state index in [4.69, 9.17) is 14.2 Å². The summed E-state index contributed by atoms with van der Waals surface area (Å²) in [6, 6.07) is 11.9. The quantitative estimate of drug-likeness (QED) is 0.794. The molecule has 0 spiro atoms. The fraction of sp³-hybridized carbons (Fsp3) is 0.435. The van der Waals surface area contributed by atoms with Gasteiger partial charge in [-0.3, -0.25) is 4.79 Å². The summed E-state index contributed by atoms with van der Waals surface area (Å²) in [4.78, 5) is 15.5. The van der Waals surface area contributed by atoms with E-state index in [1.54, 1.807) is 21.3 Å². The molecule has 0 radical (unpaired) electrons. The lowest BCUT2D eigenvalue weighted by Crippen LogP contribution is -2.55. The van der Waals surface area contributed by atoms with Crippen molar-refractivity contribution in [2.75, 3.05) is 27.9 Å². The van der Waals surface area contributed by atoms with Crippen LogP contribution in [0.25, 0.3) is 0 Å². The van der Waals surface area contributed by atoms with Gasteiger partial charge in [-0.25, -0.2) is 0 Å². The van der Waals surface area contributed by atoms with Crippen molar-refractivity contribution in [1.29, 1.82) is 0 Å². The molecule has 2 aromatic carbocycles. The molecule has 0 aromatic heterocycles. The normalized spacial score (nSPS) is 23.2. The Morgan fingerprint density at radius 2 is 1.75 bits per heavy atom. The number of benzene rings is 2. The van der Waals surface area contributed by atoms with Gasteiger partial charge in [-0.15, -0.1) is 0 Å². The molecule has 0 saturated carbocycles. The zero-order valence-corrected chi connectivity index (χ0v) is 17.0. The molecule has 148 valence electrons. The molecule has 5 heteroatoms. The second-order valence-electron chi connectivity index (χ2n) is 7.99. The first-order valence-electron chi connectivity index (χ1n) is 9.66. The van der Waals surface area contributed by atoms with Gasteiger partial charge in [-0.2, -0.15) is 0 Å². The molecule has 2 bridgehead atoms. The largest absolute Gasteiger partial charge is 0.497 e. The summed E-state index contributed by atoms with van der Waals surface area (Å²) in [6.07, 6.45) is 1.88. The number of fused-ring (bicyclic) bond motifs is 4. The minimum Gasteiger partial charge on any atom is -0.497 e. The van der Waals surface area contributed by atoms with Crippen LogP contribution in [0.1, 0.15) is 30.0 Å². The number of amides is 1. The molecule has 1 amide bonds. The van der Waals surface area contributed by atoms with E-state index in [-0.39, 0.29) is 5.91 Å². The van der Waals surface area contributed by atoms with Crippen LogP contribution in [0.2, 0.25) is 0 Å². The van der Waals surface area contributed by atoms with Crippen molar-refractivity contribution in [2.45, 2.75) is 31.7 Å². The summed E-state index contributed by atoms with van der Waals surface area (Å²) in [5.74, 6) is 2.99. The molecule has 2 aromatic rings. The average Bonchev–Trinajstić information content (AvgIpc) is 2.71. The van der Waals surface area contributed by atoms with E-state index in [0.29, 0.717) is 12.5 Å². The van der Waals surface area contributed by atoms with Gasteiger partial charge in [0.15, 0.2) is 0 Å². The molecule has 1 heterocycles. The van der Waals surface area contributed by atoms with E-state index in [9.17, 15) is 4.79 Å². The Bertz CT molecular complexity index is 909. The SMILES string of the molecule is COc1ccc2c(c1)C[C@H]1CN(Cc3ccc(OC)cc3OC)C(=O)[C@]2(C)C1. The summed E-state index contributed by atoms with van der Waals surface area (Å²) >= 11 is 0. The van der Waals surface area contributed by atoms with Gasteiger partial charge in [0.1, 0.15) is 17.2 Å². The lowest BCUT2D eigenvalue weighted by Gasteiger charge is -2.48. The molecule has 1 aliphatic carbocycles. The second kappa shape index (κ2) is 7.04. The van der Waals surface area contributed by atoms with Crippen LogP contribution in [0.5, 0.6) is 17.2 Å². The Balaban J connectivity index is 1.65. The van der Waals surface area contributed by atoms with E-state index >= 15 is 0 Å². The lowest BCUT2D eigenvalue weighted by molar-refractivity contribution is -0.143. The third-order valence-electron chi connectivity index (χ3n) is 6.21. The van der Waals surface area contributed by atoms with Gasteiger partial charge in [-0.05, 0) is 61.1 Å². The van der Waals surface area contributed by atoms with Crippen LogP contribution < -0.4 is 14.2 Å². The van der Waals surface area contributed by atoms with Crippen molar-refractivity contribution in [3.8, 4) is 17.2 Å². The van der Waals surface area contributed by atoms with Crippen LogP contribution >= 0.6 is 0 Å². The first kappa shape index (κ1) is 18.7. The number of ether oxygens (including phenoxy) is 3. The minimum atomic E-state index is -0.484. The average molecular weight is 381 g/mol. The van der Waals surface area contributed by atoms with Crippen LogP contribution in [-0.2, 0) is 23.2 Å². The summed E-state index contributed by atoms with van der Waals surface area (Å²) in [5, 5.41) is 0. The maximum absolute atomic E-state index is 13.5. The van der Waals surface area contributed by atoms with Gasteiger partial charge in [-0.1, -0.05) is 6.07 Å². The van der Waals surface area contributed by atoms with E-state index in [1.165, 1.54) is 5.56 Å². The summed E-state index contributed by atoms with van der Waals surface area (Å²) < 4.78 is 16.2. The van der Waals surface area contributed by atoms with Crippen molar-refractivity contribution in [3.63, 3.8) is 0 Å². The van der Waals surface area contributed by atoms with Crippen molar-refractivity contribution >= 4 is 5.91 Å². The number of rotatable bonds is 5. The fourth-order valence-corrected chi connectivity index (χ4v) is 4.87. The van der Waals surface area contributed by atoms with Crippen molar-refractivity contribution in [3.05, 3.63) is 53.1 Å². The monoisotopic (exact) mass is 381 g/mol. The highest BCUT2D eigenvalue weighted by molar-refractivity contribution is 5.89. The Hall–Kier alpha value is -2.69. The molecule has 2 aliphatic rings. The van der Waals surface area contributed by atoms with Gasteiger partial charge < -0.3 is 19.1 Å². The highest BCUT2D eigenvalue weighted by Crippen LogP contribution is 2.46. The number of carbonyl (C=O) groups excluding carboxylic acids is 1. The molecule has 1 saturated heterocycles. The van der Waals surface area contributed by atoms with Crippen LogP contribution in [0.15, 0.2) is 36.4 Å². The van der Waals surface area contributed by atoms with Crippen molar-refractivity contribution < 1.29 is 19.0 Å². The van der Waals surface area contributed by atoms with Crippen LogP contribution in [-0.4, -0.2) is 38.7 Å². The molecule has 5 nitrogen and oxygen atoms in total. The highest BCUT2D eigenvalue weighted by Gasteiger charge is 2.48. The smallest absolute Gasteiger partial charge is 0.233 e. The molecular weight excluding hydrogens is 354 g/mol. The third-order valence-corrected chi connectivity index (χ3v) is 6.21. The van der Waals surface area contributed by atoms with Gasteiger partial charge in [0.05, 0.1) is 26.7 Å². The molecule has 28 heavy (non-hydrogen) atoms. The topological polar surface area (TPSA) is 48.0 Å². The van der Waals surface area contributed by atoms with Crippen LogP contribution in [0.4, 0.5) is 0 Å². The second-order valence-corrected chi connectivity index (χ2v) is 7.99. The summed E-state index contributed by atoms with van der Waals surface area (Å²) in [5.41, 5.74) is 2.90. The summed E-state index contributed by atoms with van der Waals surface area (Å²) in [6.45, 7) is 3.40. The molecule has 1 fully saturated rings. The first-order chi connectivity index (χ1) is 13.5.